The highest BCUT2D eigenvalue weighted by atomic mass is 35.5. The van der Waals surface area contributed by atoms with Gasteiger partial charge in [-0.2, -0.15) is 0 Å². The molecule has 19 heavy (non-hydrogen) atoms. The van der Waals surface area contributed by atoms with Crippen LogP contribution in [0.2, 0.25) is 5.02 Å². The van der Waals surface area contributed by atoms with E-state index in [-0.39, 0.29) is 24.2 Å². The zero-order valence-corrected chi connectivity index (χ0v) is 12.4. The van der Waals surface area contributed by atoms with Gasteiger partial charge in [0.25, 0.3) is 0 Å². The Morgan fingerprint density at radius 1 is 1.32 bits per heavy atom. The van der Waals surface area contributed by atoms with Crippen LogP contribution in [0.3, 0.4) is 0 Å². The molecular formula is C13H16ClNO3S. The van der Waals surface area contributed by atoms with Gasteiger partial charge >= 0.3 is 5.97 Å². The summed E-state index contributed by atoms with van der Waals surface area (Å²) in [5.74, 6) is -0.969. The summed E-state index contributed by atoms with van der Waals surface area (Å²) in [7, 11) is 0. The molecule has 0 unspecified atom stereocenters. The monoisotopic (exact) mass is 301 g/mol. The van der Waals surface area contributed by atoms with Crippen LogP contribution in [-0.4, -0.2) is 40.2 Å². The number of carboxylic acids is 1. The average Bonchev–Trinajstić information content (AvgIpc) is 2.34. The maximum absolute atomic E-state index is 12.0. The second-order valence-electron chi connectivity index (χ2n) is 4.25. The molecule has 104 valence electrons. The zero-order valence-electron chi connectivity index (χ0n) is 10.8. The Balaban J connectivity index is 2.57. The van der Waals surface area contributed by atoms with Crippen LogP contribution in [0.5, 0.6) is 0 Å². The van der Waals surface area contributed by atoms with E-state index in [1.807, 2.05) is 12.1 Å². The third kappa shape index (κ3) is 5.53. The molecule has 1 aromatic carbocycles. The smallest absolute Gasteiger partial charge is 0.323 e. The Labute approximate surface area is 121 Å². The number of carbonyl (C=O) groups is 2. The van der Waals surface area contributed by atoms with Gasteiger partial charge in [-0.15, -0.1) is 11.8 Å². The van der Waals surface area contributed by atoms with Crippen molar-refractivity contribution in [3.63, 3.8) is 0 Å². The summed E-state index contributed by atoms with van der Waals surface area (Å²) in [6.07, 6.45) is 0. The van der Waals surface area contributed by atoms with Gasteiger partial charge < -0.3 is 10.0 Å². The highest BCUT2D eigenvalue weighted by molar-refractivity contribution is 8.00. The number of hydrogen-bond acceptors (Lipinski definition) is 3. The number of halogens is 1. The summed E-state index contributed by atoms with van der Waals surface area (Å²) in [5.41, 5.74) is 0. The van der Waals surface area contributed by atoms with Crippen LogP contribution in [0, 0.1) is 0 Å². The van der Waals surface area contributed by atoms with Crippen molar-refractivity contribution in [2.24, 2.45) is 0 Å². The van der Waals surface area contributed by atoms with Crippen LogP contribution in [0.25, 0.3) is 0 Å². The standard InChI is InChI=1S/C13H16ClNO3S/c1-9(2)15(7-13(17)18)12(16)8-19-11-5-3-10(14)4-6-11/h3-6,9H,7-8H2,1-2H3,(H,17,18). The van der Waals surface area contributed by atoms with E-state index < -0.39 is 5.97 Å². The van der Waals surface area contributed by atoms with Crippen molar-refractivity contribution >= 4 is 35.2 Å². The van der Waals surface area contributed by atoms with Crippen LogP contribution in [0.4, 0.5) is 0 Å². The largest absolute Gasteiger partial charge is 0.480 e. The quantitative estimate of drug-likeness (QED) is 0.821. The van der Waals surface area contributed by atoms with Gasteiger partial charge in [-0.05, 0) is 38.1 Å². The Hall–Kier alpha value is -1.20. The van der Waals surface area contributed by atoms with Crippen molar-refractivity contribution in [1.29, 1.82) is 0 Å². The van der Waals surface area contributed by atoms with Gasteiger partial charge in [0.1, 0.15) is 6.54 Å². The molecule has 0 saturated heterocycles. The first-order chi connectivity index (χ1) is 8.90. The first-order valence-corrected chi connectivity index (χ1v) is 7.16. The topological polar surface area (TPSA) is 57.6 Å². The summed E-state index contributed by atoms with van der Waals surface area (Å²) in [5, 5.41) is 9.43. The van der Waals surface area contributed by atoms with Crippen LogP contribution in [0.15, 0.2) is 29.2 Å². The SMILES string of the molecule is CC(C)N(CC(=O)O)C(=O)CSc1ccc(Cl)cc1. The molecule has 0 atom stereocenters. The first kappa shape index (κ1) is 15.9. The summed E-state index contributed by atoms with van der Waals surface area (Å²) in [6.45, 7) is 3.33. The summed E-state index contributed by atoms with van der Waals surface area (Å²) < 4.78 is 0. The molecule has 1 aromatic rings. The van der Waals surface area contributed by atoms with Gasteiger partial charge in [0.2, 0.25) is 5.91 Å². The molecule has 0 spiro atoms. The third-order valence-electron chi connectivity index (χ3n) is 2.43. The van der Waals surface area contributed by atoms with Crippen molar-refractivity contribution in [3.8, 4) is 0 Å². The van der Waals surface area contributed by atoms with Gasteiger partial charge in [0.05, 0.1) is 5.75 Å². The van der Waals surface area contributed by atoms with Crippen molar-refractivity contribution < 1.29 is 14.7 Å². The Kier molecular flexibility index (Phi) is 6.18. The number of benzene rings is 1. The lowest BCUT2D eigenvalue weighted by molar-refractivity contribution is -0.144. The van der Waals surface area contributed by atoms with Gasteiger partial charge in [-0.3, -0.25) is 9.59 Å². The minimum Gasteiger partial charge on any atom is -0.480 e. The predicted molar refractivity (Wildman–Crippen MR) is 76.7 cm³/mol. The molecule has 0 aliphatic carbocycles. The second kappa shape index (κ2) is 7.40. The van der Waals surface area contributed by atoms with E-state index in [0.717, 1.165) is 4.90 Å². The van der Waals surface area contributed by atoms with E-state index in [9.17, 15) is 9.59 Å². The number of amides is 1. The van der Waals surface area contributed by atoms with Gasteiger partial charge in [0, 0.05) is 16.0 Å². The van der Waals surface area contributed by atoms with E-state index in [4.69, 9.17) is 16.7 Å². The maximum Gasteiger partial charge on any atom is 0.323 e. The van der Waals surface area contributed by atoms with E-state index in [2.05, 4.69) is 0 Å². The number of carbonyl (C=O) groups excluding carboxylic acids is 1. The Morgan fingerprint density at radius 3 is 2.37 bits per heavy atom. The average molecular weight is 302 g/mol. The zero-order chi connectivity index (χ0) is 14.4. The molecule has 6 heteroatoms. The molecule has 0 aliphatic rings. The van der Waals surface area contributed by atoms with Crippen molar-refractivity contribution in [3.05, 3.63) is 29.3 Å². The number of rotatable bonds is 6. The molecule has 0 heterocycles. The lowest BCUT2D eigenvalue weighted by atomic mass is 10.3. The van der Waals surface area contributed by atoms with Crippen molar-refractivity contribution in [1.82, 2.24) is 4.90 Å². The van der Waals surface area contributed by atoms with E-state index in [1.165, 1.54) is 16.7 Å². The van der Waals surface area contributed by atoms with Gasteiger partial charge in [0.15, 0.2) is 0 Å². The summed E-state index contributed by atoms with van der Waals surface area (Å²) >= 11 is 7.14. The molecule has 0 radical (unpaired) electrons. The van der Waals surface area contributed by atoms with E-state index in [0.29, 0.717) is 5.02 Å². The molecule has 4 nitrogen and oxygen atoms in total. The van der Waals surface area contributed by atoms with E-state index in [1.54, 1.807) is 26.0 Å². The normalized spacial score (nSPS) is 10.5. The number of aliphatic carboxylic acids is 1. The molecule has 0 aliphatic heterocycles. The molecule has 0 fully saturated rings. The van der Waals surface area contributed by atoms with Crippen LogP contribution >= 0.6 is 23.4 Å². The lowest BCUT2D eigenvalue weighted by Crippen LogP contribution is -2.41. The number of nitrogens with zero attached hydrogens (tertiary/aromatic N) is 1. The highest BCUT2D eigenvalue weighted by Crippen LogP contribution is 2.20. The molecular weight excluding hydrogens is 286 g/mol. The van der Waals surface area contributed by atoms with Crippen molar-refractivity contribution in [2.75, 3.05) is 12.3 Å². The highest BCUT2D eigenvalue weighted by Gasteiger charge is 2.19. The van der Waals surface area contributed by atoms with Gasteiger partial charge in [-0.1, -0.05) is 11.6 Å². The molecule has 0 saturated carbocycles. The summed E-state index contributed by atoms with van der Waals surface area (Å²) in [6, 6.07) is 7.04. The lowest BCUT2D eigenvalue weighted by Gasteiger charge is -2.24. The predicted octanol–water partition coefficient (Wildman–Crippen LogP) is 2.75. The fraction of sp³-hybridized carbons (Fsp3) is 0.385. The fourth-order valence-electron chi connectivity index (χ4n) is 1.46. The van der Waals surface area contributed by atoms with Gasteiger partial charge in [-0.25, -0.2) is 0 Å². The molecule has 0 bridgehead atoms. The molecule has 0 aromatic heterocycles. The fourth-order valence-corrected chi connectivity index (χ4v) is 2.37. The van der Waals surface area contributed by atoms with E-state index >= 15 is 0 Å². The van der Waals surface area contributed by atoms with Crippen LogP contribution in [-0.2, 0) is 9.59 Å². The maximum atomic E-state index is 12.0. The minimum atomic E-state index is -1.00. The molecule has 1 N–H and O–H groups in total. The molecule has 1 rings (SSSR count). The minimum absolute atomic E-state index is 0.130. The Morgan fingerprint density at radius 2 is 1.89 bits per heavy atom. The third-order valence-corrected chi connectivity index (χ3v) is 3.67. The number of carboxylic acid groups (broad SMARTS) is 1. The second-order valence-corrected chi connectivity index (χ2v) is 5.74. The Bertz CT molecular complexity index is 448. The first-order valence-electron chi connectivity index (χ1n) is 5.79. The van der Waals surface area contributed by atoms with Crippen LogP contribution in [0.1, 0.15) is 13.8 Å². The van der Waals surface area contributed by atoms with Crippen LogP contribution < -0.4 is 0 Å². The molecule has 1 amide bonds. The number of hydrogen-bond donors (Lipinski definition) is 1. The number of thioether (sulfide) groups is 1. The summed E-state index contributed by atoms with van der Waals surface area (Å²) in [4.78, 5) is 25.0. The van der Waals surface area contributed by atoms with Crippen molar-refractivity contribution in [2.45, 2.75) is 24.8 Å².